The summed E-state index contributed by atoms with van der Waals surface area (Å²) in [6.07, 6.45) is 1.39. The Kier molecular flexibility index (Phi) is 2.93. The van der Waals surface area contributed by atoms with Gasteiger partial charge in [0.1, 0.15) is 0 Å². The molecule has 1 aromatic rings. The predicted octanol–water partition coefficient (Wildman–Crippen LogP) is 0.791. The lowest BCUT2D eigenvalue weighted by Crippen LogP contribution is -2.22. The number of nitrogens with zero attached hydrogens (tertiary/aromatic N) is 2. The van der Waals surface area contributed by atoms with Crippen LogP contribution < -0.4 is 5.73 Å². The van der Waals surface area contributed by atoms with Crippen LogP contribution in [0.15, 0.2) is 6.20 Å². The van der Waals surface area contributed by atoms with Crippen molar-refractivity contribution in [3.05, 3.63) is 11.9 Å². The molecular weight excluding hydrogens is 166 g/mol. The van der Waals surface area contributed by atoms with E-state index < -0.39 is 0 Å². The van der Waals surface area contributed by atoms with Gasteiger partial charge < -0.3 is 10.8 Å². The number of nitrogen functional groups attached to an aromatic ring is 1. The zero-order valence-electron chi connectivity index (χ0n) is 8.36. The van der Waals surface area contributed by atoms with Crippen LogP contribution in [-0.2, 0) is 6.54 Å². The van der Waals surface area contributed by atoms with E-state index in [9.17, 15) is 5.11 Å². The Morgan fingerprint density at radius 3 is 2.62 bits per heavy atom. The van der Waals surface area contributed by atoms with Gasteiger partial charge in [-0.1, -0.05) is 13.8 Å². The quantitative estimate of drug-likeness (QED) is 0.728. The van der Waals surface area contributed by atoms with E-state index in [-0.39, 0.29) is 12.0 Å². The van der Waals surface area contributed by atoms with Gasteiger partial charge >= 0.3 is 0 Å². The van der Waals surface area contributed by atoms with Crippen molar-refractivity contribution in [1.82, 2.24) is 9.78 Å². The topological polar surface area (TPSA) is 64.1 Å². The summed E-state index contributed by atoms with van der Waals surface area (Å²) in [5.74, 6) is 0.241. The molecular formula is C9H17N3O. The van der Waals surface area contributed by atoms with Crippen molar-refractivity contribution in [2.45, 2.75) is 33.4 Å². The highest BCUT2D eigenvalue weighted by Crippen LogP contribution is 2.09. The third-order valence-electron chi connectivity index (χ3n) is 2.13. The number of anilines is 1. The molecule has 0 bridgehead atoms. The zero-order valence-corrected chi connectivity index (χ0v) is 8.36. The summed E-state index contributed by atoms with van der Waals surface area (Å²) < 4.78 is 1.69. The van der Waals surface area contributed by atoms with Crippen LogP contribution in [0.25, 0.3) is 0 Å². The highest BCUT2D eigenvalue weighted by molar-refractivity contribution is 5.39. The maximum Gasteiger partial charge on any atom is 0.0822 e. The first-order valence-corrected chi connectivity index (χ1v) is 4.48. The van der Waals surface area contributed by atoms with Gasteiger partial charge in [-0.2, -0.15) is 5.10 Å². The summed E-state index contributed by atoms with van der Waals surface area (Å²) >= 11 is 0. The second-order valence-corrected chi connectivity index (χ2v) is 3.70. The summed E-state index contributed by atoms with van der Waals surface area (Å²) in [5.41, 5.74) is 7.12. The van der Waals surface area contributed by atoms with E-state index in [4.69, 9.17) is 5.73 Å². The van der Waals surface area contributed by atoms with Crippen molar-refractivity contribution in [2.75, 3.05) is 5.73 Å². The monoisotopic (exact) mass is 183 g/mol. The summed E-state index contributed by atoms with van der Waals surface area (Å²) in [7, 11) is 0. The maximum atomic E-state index is 9.58. The Labute approximate surface area is 78.4 Å². The molecule has 0 fully saturated rings. The first kappa shape index (κ1) is 10.1. The highest BCUT2D eigenvalue weighted by atomic mass is 16.3. The van der Waals surface area contributed by atoms with Gasteiger partial charge in [0.2, 0.25) is 0 Å². The van der Waals surface area contributed by atoms with Crippen molar-refractivity contribution < 1.29 is 5.11 Å². The fraction of sp³-hybridized carbons (Fsp3) is 0.667. The lowest BCUT2D eigenvalue weighted by atomic mass is 10.1. The molecule has 0 aliphatic rings. The molecule has 13 heavy (non-hydrogen) atoms. The van der Waals surface area contributed by atoms with Crippen LogP contribution >= 0.6 is 0 Å². The molecule has 0 radical (unpaired) electrons. The third kappa shape index (κ3) is 2.45. The molecule has 3 N–H and O–H groups in total. The molecule has 0 saturated carbocycles. The molecule has 4 nitrogen and oxygen atoms in total. The van der Waals surface area contributed by atoms with E-state index in [0.29, 0.717) is 12.2 Å². The van der Waals surface area contributed by atoms with Crippen LogP contribution in [0.4, 0.5) is 5.69 Å². The van der Waals surface area contributed by atoms with Crippen LogP contribution in [0.1, 0.15) is 19.5 Å². The van der Waals surface area contributed by atoms with Crippen molar-refractivity contribution in [2.24, 2.45) is 5.92 Å². The minimum absolute atomic E-state index is 0.241. The van der Waals surface area contributed by atoms with E-state index in [0.717, 1.165) is 5.69 Å². The highest BCUT2D eigenvalue weighted by Gasteiger charge is 2.11. The van der Waals surface area contributed by atoms with Crippen LogP contribution in [0.3, 0.4) is 0 Å². The third-order valence-corrected chi connectivity index (χ3v) is 2.13. The fourth-order valence-corrected chi connectivity index (χ4v) is 1.03. The molecule has 0 saturated heterocycles. The number of aliphatic hydroxyl groups excluding tert-OH is 1. The van der Waals surface area contributed by atoms with Gasteiger partial charge in [0.15, 0.2) is 0 Å². The first-order chi connectivity index (χ1) is 6.00. The van der Waals surface area contributed by atoms with E-state index in [1.54, 1.807) is 10.9 Å². The molecule has 0 amide bonds. The van der Waals surface area contributed by atoms with Crippen LogP contribution in [0.2, 0.25) is 0 Å². The van der Waals surface area contributed by atoms with Gasteiger partial charge in [0.25, 0.3) is 0 Å². The lowest BCUT2D eigenvalue weighted by Gasteiger charge is -2.13. The minimum atomic E-state index is -0.362. The molecule has 1 unspecified atom stereocenters. The molecule has 0 spiro atoms. The smallest absolute Gasteiger partial charge is 0.0822 e. The molecule has 1 atom stereocenters. The second kappa shape index (κ2) is 3.79. The van der Waals surface area contributed by atoms with E-state index >= 15 is 0 Å². The fourth-order valence-electron chi connectivity index (χ4n) is 1.03. The van der Waals surface area contributed by atoms with Gasteiger partial charge in [-0.25, -0.2) is 0 Å². The van der Waals surface area contributed by atoms with Gasteiger partial charge in [0, 0.05) is 6.20 Å². The predicted molar refractivity (Wildman–Crippen MR) is 52.2 cm³/mol. The zero-order chi connectivity index (χ0) is 10.0. The van der Waals surface area contributed by atoms with Gasteiger partial charge in [-0.05, 0) is 12.8 Å². The van der Waals surface area contributed by atoms with E-state index in [1.807, 2.05) is 20.8 Å². The van der Waals surface area contributed by atoms with Crippen LogP contribution in [0.5, 0.6) is 0 Å². The van der Waals surface area contributed by atoms with E-state index in [2.05, 4.69) is 5.10 Å². The minimum Gasteiger partial charge on any atom is -0.396 e. The Morgan fingerprint density at radius 2 is 2.23 bits per heavy atom. The molecule has 4 heteroatoms. The largest absolute Gasteiger partial charge is 0.396 e. The summed E-state index contributed by atoms with van der Waals surface area (Å²) in [4.78, 5) is 0. The van der Waals surface area contributed by atoms with Crippen LogP contribution in [-0.4, -0.2) is 21.0 Å². The number of hydrogen-bond acceptors (Lipinski definition) is 3. The van der Waals surface area contributed by atoms with Gasteiger partial charge in [-0.15, -0.1) is 0 Å². The first-order valence-electron chi connectivity index (χ1n) is 4.48. The Balaban J connectivity index is 2.64. The van der Waals surface area contributed by atoms with Crippen molar-refractivity contribution in [1.29, 1.82) is 0 Å². The molecule has 0 aliphatic heterocycles. The second-order valence-electron chi connectivity index (χ2n) is 3.70. The molecule has 1 rings (SSSR count). The van der Waals surface area contributed by atoms with Gasteiger partial charge in [-0.3, -0.25) is 4.68 Å². The van der Waals surface area contributed by atoms with Gasteiger partial charge in [0.05, 0.1) is 24.0 Å². The van der Waals surface area contributed by atoms with Crippen LogP contribution in [0, 0.1) is 12.8 Å². The molecule has 0 aliphatic carbocycles. The number of aliphatic hydroxyl groups is 1. The number of rotatable bonds is 3. The standard InChI is InChI=1S/C9H17N3O/c1-6(2)9(13)5-12-4-8(10)7(3)11-12/h4,6,9,13H,5,10H2,1-3H3. The van der Waals surface area contributed by atoms with Crippen molar-refractivity contribution >= 4 is 5.69 Å². The SMILES string of the molecule is Cc1nn(CC(O)C(C)C)cc1N. The number of hydrogen-bond donors (Lipinski definition) is 2. The molecule has 0 aromatic carbocycles. The molecule has 1 aromatic heterocycles. The Bertz CT molecular complexity index is 261. The summed E-state index contributed by atoms with van der Waals surface area (Å²) in [6, 6.07) is 0. The summed E-state index contributed by atoms with van der Waals surface area (Å²) in [6.45, 7) is 6.32. The number of aromatic nitrogens is 2. The maximum absolute atomic E-state index is 9.58. The Morgan fingerprint density at radius 1 is 1.62 bits per heavy atom. The molecule has 1 heterocycles. The summed E-state index contributed by atoms with van der Waals surface area (Å²) in [5, 5.41) is 13.7. The van der Waals surface area contributed by atoms with Crippen molar-refractivity contribution in [3.63, 3.8) is 0 Å². The Hall–Kier alpha value is -1.03. The average Bonchev–Trinajstić information content (AvgIpc) is 2.31. The lowest BCUT2D eigenvalue weighted by molar-refractivity contribution is 0.103. The number of nitrogens with two attached hydrogens (primary N) is 1. The normalized spacial score (nSPS) is 13.6. The van der Waals surface area contributed by atoms with Crippen molar-refractivity contribution in [3.8, 4) is 0 Å². The van der Waals surface area contributed by atoms with E-state index in [1.165, 1.54) is 0 Å². The average molecular weight is 183 g/mol. The molecule has 74 valence electrons. The number of aryl methyl sites for hydroxylation is 1.